The molecule has 8 heteroatoms. The van der Waals surface area contributed by atoms with E-state index in [9.17, 15) is 13.2 Å². The minimum absolute atomic E-state index is 0.00273. The molecular weight excluding hydrogens is 284 g/mol. The molecule has 0 radical (unpaired) electrons. The molecule has 0 aliphatic carbocycles. The molecule has 0 heterocycles. The summed E-state index contributed by atoms with van der Waals surface area (Å²) in [5.74, 6) is -0.404. The largest absolute Gasteiger partial charge is 0.493 e. The average molecular weight is 302 g/mol. The first-order valence-electron chi connectivity index (χ1n) is 5.88. The van der Waals surface area contributed by atoms with Gasteiger partial charge < -0.3 is 14.8 Å². The molecule has 7 nitrogen and oxygen atoms in total. The van der Waals surface area contributed by atoms with Gasteiger partial charge in [-0.1, -0.05) is 0 Å². The second kappa shape index (κ2) is 6.69. The Labute approximate surface area is 118 Å². The van der Waals surface area contributed by atoms with Crippen molar-refractivity contribution < 1.29 is 22.7 Å². The summed E-state index contributed by atoms with van der Waals surface area (Å²) in [5, 5.41) is 7.68. The number of nitrogens with one attached hydrogen (secondary N) is 1. The number of carbonyl (C=O) groups is 1. The molecule has 1 aromatic rings. The van der Waals surface area contributed by atoms with Gasteiger partial charge in [-0.15, -0.1) is 0 Å². The molecule has 112 valence electrons. The summed E-state index contributed by atoms with van der Waals surface area (Å²) >= 11 is 0. The molecule has 3 N–H and O–H groups in total. The predicted octanol–water partition coefficient (Wildman–Crippen LogP) is 0.626. The van der Waals surface area contributed by atoms with Crippen LogP contribution in [0, 0.1) is 6.92 Å². The summed E-state index contributed by atoms with van der Waals surface area (Å²) in [6.07, 6.45) is 0. The monoisotopic (exact) mass is 302 g/mol. The number of hydrogen-bond donors (Lipinski definition) is 2. The van der Waals surface area contributed by atoms with Gasteiger partial charge in [-0.3, -0.25) is 4.79 Å². The quantitative estimate of drug-likeness (QED) is 0.801. The van der Waals surface area contributed by atoms with Crippen molar-refractivity contribution in [3.05, 3.63) is 17.7 Å². The Morgan fingerprint density at radius 3 is 2.55 bits per heavy atom. The summed E-state index contributed by atoms with van der Waals surface area (Å²) in [6.45, 7) is 3.73. The van der Waals surface area contributed by atoms with Crippen LogP contribution in [0.1, 0.15) is 12.5 Å². The molecule has 20 heavy (non-hydrogen) atoms. The van der Waals surface area contributed by atoms with Crippen molar-refractivity contribution in [1.29, 1.82) is 0 Å². The van der Waals surface area contributed by atoms with E-state index in [1.54, 1.807) is 19.9 Å². The van der Waals surface area contributed by atoms with Crippen LogP contribution in [0.25, 0.3) is 0 Å². The first-order valence-corrected chi connectivity index (χ1v) is 7.43. The lowest BCUT2D eigenvalue weighted by Gasteiger charge is -2.14. The average Bonchev–Trinajstić information content (AvgIpc) is 2.34. The third-order valence-corrected chi connectivity index (χ3v) is 3.34. The molecule has 1 rings (SSSR count). The number of benzene rings is 1. The van der Waals surface area contributed by atoms with Crippen LogP contribution in [0.3, 0.4) is 0 Å². The van der Waals surface area contributed by atoms with Crippen molar-refractivity contribution in [2.75, 3.05) is 25.6 Å². The number of rotatable bonds is 6. The standard InChI is InChI=1S/C12H18N2O5S/c1-4-19-7-11(15)14-9-5-8(2)6-10(12(9)18-3)20(13,16)17/h5-6H,4,7H2,1-3H3,(H,14,15)(H2,13,16,17). The summed E-state index contributed by atoms with van der Waals surface area (Å²) in [7, 11) is -2.65. The molecule has 0 aliphatic heterocycles. The molecular formula is C12H18N2O5S. The molecule has 1 aromatic carbocycles. The highest BCUT2D eigenvalue weighted by Crippen LogP contribution is 2.33. The lowest BCUT2D eigenvalue weighted by atomic mass is 10.2. The van der Waals surface area contributed by atoms with Crippen LogP contribution in [0.2, 0.25) is 0 Å². The van der Waals surface area contributed by atoms with E-state index in [0.29, 0.717) is 12.2 Å². The Hall–Kier alpha value is -1.64. The number of aryl methyl sites for hydroxylation is 1. The first-order chi connectivity index (χ1) is 9.29. The van der Waals surface area contributed by atoms with Gasteiger partial charge in [0.1, 0.15) is 11.5 Å². The van der Waals surface area contributed by atoms with Gasteiger partial charge in [0, 0.05) is 6.61 Å². The Morgan fingerprint density at radius 2 is 2.05 bits per heavy atom. The maximum atomic E-state index is 11.6. The van der Waals surface area contributed by atoms with Gasteiger partial charge in [-0.25, -0.2) is 13.6 Å². The number of methoxy groups -OCH3 is 1. The lowest BCUT2D eigenvalue weighted by Crippen LogP contribution is -2.20. The van der Waals surface area contributed by atoms with Gasteiger partial charge >= 0.3 is 0 Å². The molecule has 0 aromatic heterocycles. The van der Waals surface area contributed by atoms with E-state index in [1.165, 1.54) is 13.2 Å². The van der Waals surface area contributed by atoms with Crippen molar-refractivity contribution in [1.82, 2.24) is 0 Å². The molecule has 0 saturated carbocycles. The van der Waals surface area contributed by atoms with E-state index in [2.05, 4.69) is 5.32 Å². The summed E-state index contributed by atoms with van der Waals surface area (Å²) < 4.78 is 33.1. The highest BCUT2D eigenvalue weighted by molar-refractivity contribution is 7.89. The zero-order chi connectivity index (χ0) is 15.3. The van der Waals surface area contributed by atoms with E-state index < -0.39 is 15.9 Å². The summed E-state index contributed by atoms with van der Waals surface area (Å²) in [4.78, 5) is 11.5. The highest BCUT2D eigenvalue weighted by atomic mass is 32.2. The van der Waals surface area contributed by atoms with Crippen LogP contribution < -0.4 is 15.2 Å². The molecule has 0 fully saturated rings. The number of hydrogen-bond acceptors (Lipinski definition) is 5. The molecule has 0 atom stereocenters. The second-order valence-electron chi connectivity index (χ2n) is 4.07. The number of sulfonamides is 1. The predicted molar refractivity (Wildman–Crippen MR) is 74.2 cm³/mol. The van der Waals surface area contributed by atoms with Gasteiger partial charge in [-0.2, -0.15) is 0 Å². The topological polar surface area (TPSA) is 108 Å². The molecule has 0 bridgehead atoms. The Morgan fingerprint density at radius 1 is 1.40 bits per heavy atom. The van der Waals surface area contributed by atoms with Gasteiger partial charge in [-0.05, 0) is 31.5 Å². The molecule has 0 saturated heterocycles. The summed E-state index contributed by atoms with van der Waals surface area (Å²) in [6, 6.07) is 2.98. The fourth-order valence-corrected chi connectivity index (χ4v) is 2.44. The molecule has 1 amide bonds. The zero-order valence-corrected chi connectivity index (χ0v) is 12.4. The zero-order valence-electron chi connectivity index (χ0n) is 11.6. The second-order valence-corrected chi connectivity index (χ2v) is 5.60. The van der Waals surface area contributed by atoms with Crippen molar-refractivity contribution >= 4 is 21.6 Å². The maximum absolute atomic E-state index is 11.6. The minimum Gasteiger partial charge on any atom is -0.493 e. The third kappa shape index (κ3) is 4.19. The smallest absolute Gasteiger partial charge is 0.250 e. The van der Waals surface area contributed by atoms with Crippen molar-refractivity contribution in [3.63, 3.8) is 0 Å². The van der Waals surface area contributed by atoms with Gasteiger partial charge in [0.25, 0.3) is 0 Å². The number of amides is 1. The molecule has 0 spiro atoms. The van der Waals surface area contributed by atoms with Gasteiger partial charge in [0.05, 0.1) is 12.8 Å². The normalized spacial score (nSPS) is 11.2. The van der Waals surface area contributed by atoms with E-state index in [-0.39, 0.29) is 22.9 Å². The van der Waals surface area contributed by atoms with E-state index >= 15 is 0 Å². The van der Waals surface area contributed by atoms with Gasteiger partial charge in [0.2, 0.25) is 15.9 Å². The molecule has 0 unspecified atom stereocenters. The van der Waals surface area contributed by atoms with E-state index in [1.807, 2.05) is 0 Å². The SMILES string of the molecule is CCOCC(=O)Nc1cc(C)cc(S(N)(=O)=O)c1OC. The van der Waals surface area contributed by atoms with Crippen LogP contribution >= 0.6 is 0 Å². The van der Waals surface area contributed by atoms with Crippen LogP contribution in [-0.4, -0.2) is 34.6 Å². The number of ether oxygens (including phenoxy) is 2. The fraction of sp³-hybridized carbons (Fsp3) is 0.417. The van der Waals surface area contributed by atoms with E-state index in [4.69, 9.17) is 14.6 Å². The number of primary sulfonamides is 1. The number of anilines is 1. The minimum atomic E-state index is -3.95. The van der Waals surface area contributed by atoms with Crippen LogP contribution in [-0.2, 0) is 19.6 Å². The third-order valence-electron chi connectivity index (χ3n) is 2.42. The Bertz CT molecular complexity index is 598. The van der Waals surface area contributed by atoms with Crippen molar-refractivity contribution in [2.45, 2.75) is 18.7 Å². The first kappa shape index (κ1) is 16.4. The van der Waals surface area contributed by atoms with Crippen LogP contribution in [0.4, 0.5) is 5.69 Å². The molecule has 0 aliphatic rings. The Balaban J connectivity index is 3.19. The highest BCUT2D eigenvalue weighted by Gasteiger charge is 2.20. The van der Waals surface area contributed by atoms with Crippen LogP contribution in [0.5, 0.6) is 5.75 Å². The number of nitrogens with two attached hydrogens (primary N) is 1. The van der Waals surface area contributed by atoms with Crippen LogP contribution in [0.15, 0.2) is 17.0 Å². The van der Waals surface area contributed by atoms with Crippen molar-refractivity contribution in [3.8, 4) is 5.75 Å². The number of carbonyl (C=O) groups excluding carboxylic acids is 1. The van der Waals surface area contributed by atoms with Crippen molar-refractivity contribution in [2.24, 2.45) is 5.14 Å². The van der Waals surface area contributed by atoms with E-state index in [0.717, 1.165) is 0 Å². The maximum Gasteiger partial charge on any atom is 0.250 e. The van der Waals surface area contributed by atoms with Gasteiger partial charge in [0.15, 0.2) is 5.75 Å². The Kier molecular flexibility index (Phi) is 5.49. The summed E-state index contributed by atoms with van der Waals surface area (Å²) in [5.41, 5.74) is 0.864. The fourth-order valence-electron chi connectivity index (χ4n) is 1.64. The lowest BCUT2D eigenvalue weighted by molar-refractivity contribution is -0.120.